The number of nitrogens with zero attached hydrogens (tertiary/aromatic N) is 1. The fourth-order valence-electron chi connectivity index (χ4n) is 3.67. The van der Waals surface area contributed by atoms with Gasteiger partial charge in [-0.05, 0) is 72.3 Å². The van der Waals surface area contributed by atoms with E-state index in [9.17, 15) is 9.59 Å². The summed E-state index contributed by atoms with van der Waals surface area (Å²) in [6.07, 6.45) is 6.33. The van der Waals surface area contributed by atoms with Crippen LogP contribution in [0.3, 0.4) is 0 Å². The van der Waals surface area contributed by atoms with Gasteiger partial charge in [-0.25, -0.2) is 4.79 Å². The molecular weight excluding hydrogens is 278 g/mol. The average Bonchev–Trinajstić information content (AvgIpc) is 2.42. The summed E-state index contributed by atoms with van der Waals surface area (Å²) >= 11 is 0. The number of piperidine rings is 2. The Kier molecular flexibility index (Phi) is 4.98. The molecule has 2 fully saturated rings. The first-order valence-electron chi connectivity index (χ1n) is 8.41. The minimum atomic E-state index is -0.473. The van der Waals surface area contributed by atoms with E-state index in [2.05, 4.69) is 0 Å². The summed E-state index contributed by atoms with van der Waals surface area (Å²) in [6, 6.07) is 0.307. The number of hydrogen-bond acceptors (Lipinski definition) is 3. The number of ether oxygens (including phenoxy) is 1. The molecule has 0 aliphatic carbocycles. The molecule has 0 spiro atoms. The molecule has 0 saturated carbocycles. The minimum absolute atomic E-state index is 0.0604. The Balaban J connectivity index is 2.11. The Morgan fingerprint density at radius 3 is 2.14 bits per heavy atom. The molecule has 2 rings (SSSR count). The summed E-state index contributed by atoms with van der Waals surface area (Å²) in [7, 11) is 0. The molecule has 22 heavy (non-hydrogen) atoms. The molecule has 2 atom stereocenters. The highest BCUT2D eigenvalue weighted by atomic mass is 16.6. The van der Waals surface area contributed by atoms with Crippen molar-refractivity contribution in [1.82, 2.24) is 4.90 Å². The molecule has 2 bridgehead atoms. The Bertz CT molecular complexity index is 461. The largest absolute Gasteiger partial charge is 0.444 e. The van der Waals surface area contributed by atoms with Crippen LogP contribution in [0.2, 0.25) is 0 Å². The molecule has 0 aromatic heterocycles. The fourth-order valence-corrected chi connectivity index (χ4v) is 3.67. The van der Waals surface area contributed by atoms with E-state index in [-0.39, 0.29) is 29.9 Å². The molecule has 0 N–H and O–H groups in total. The normalized spacial score (nSPS) is 29.2. The quantitative estimate of drug-likeness (QED) is 0.722. The van der Waals surface area contributed by atoms with E-state index >= 15 is 0 Å². The monoisotopic (exact) mass is 307 g/mol. The van der Waals surface area contributed by atoms with Gasteiger partial charge in [0.05, 0.1) is 0 Å². The lowest BCUT2D eigenvalue weighted by molar-refractivity contribution is -0.123. The molecule has 1 amide bonds. The van der Waals surface area contributed by atoms with Crippen LogP contribution in [0.25, 0.3) is 0 Å². The average molecular weight is 307 g/mol. The Morgan fingerprint density at radius 2 is 1.68 bits per heavy atom. The molecule has 0 aromatic carbocycles. The third kappa shape index (κ3) is 3.71. The van der Waals surface area contributed by atoms with Crippen LogP contribution in [-0.4, -0.2) is 34.5 Å². The zero-order valence-electron chi connectivity index (χ0n) is 14.5. The lowest BCUT2D eigenvalue weighted by Crippen LogP contribution is -2.56. The zero-order valence-corrected chi connectivity index (χ0v) is 14.5. The van der Waals surface area contributed by atoms with Gasteiger partial charge in [-0.3, -0.25) is 4.79 Å². The van der Waals surface area contributed by atoms with Gasteiger partial charge < -0.3 is 9.64 Å². The topological polar surface area (TPSA) is 46.6 Å². The molecule has 4 heteroatoms. The van der Waals surface area contributed by atoms with Crippen molar-refractivity contribution in [2.45, 2.75) is 84.4 Å². The number of carbonyl (C=O) groups excluding carboxylic acids is 2. The van der Waals surface area contributed by atoms with Gasteiger partial charge in [-0.15, -0.1) is 0 Å². The van der Waals surface area contributed by atoms with Crippen molar-refractivity contribution in [3.63, 3.8) is 0 Å². The van der Waals surface area contributed by atoms with Crippen LogP contribution >= 0.6 is 0 Å². The molecule has 124 valence electrons. The third-order valence-electron chi connectivity index (χ3n) is 4.77. The summed E-state index contributed by atoms with van der Waals surface area (Å²) in [6.45, 7) is 9.48. The molecule has 2 saturated heterocycles. The SMILES string of the molecule is CC=C(C)C(=O)C1CC2CCCC(C1)N2C(=O)OC(C)(C)C. The van der Waals surface area contributed by atoms with E-state index in [1.807, 2.05) is 45.6 Å². The lowest BCUT2D eigenvalue weighted by atomic mass is 9.76. The highest BCUT2D eigenvalue weighted by Gasteiger charge is 2.44. The first-order valence-corrected chi connectivity index (χ1v) is 8.41. The highest BCUT2D eigenvalue weighted by Crippen LogP contribution is 2.39. The second-order valence-electron chi connectivity index (χ2n) is 7.63. The van der Waals surface area contributed by atoms with Crippen LogP contribution < -0.4 is 0 Å². The van der Waals surface area contributed by atoms with Crippen molar-refractivity contribution in [3.05, 3.63) is 11.6 Å². The van der Waals surface area contributed by atoms with Crippen molar-refractivity contribution in [3.8, 4) is 0 Å². The van der Waals surface area contributed by atoms with Crippen LogP contribution in [0.1, 0.15) is 66.7 Å². The van der Waals surface area contributed by atoms with E-state index in [1.165, 1.54) is 0 Å². The molecule has 2 heterocycles. The summed E-state index contributed by atoms with van der Waals surface area (Å²) in [5.41, 5.74) is 0.369. The van der Waals surface area contributed by atoms with E-state index in [4.69, 9.17) is 4.74 Å². The van der Waals surface area contributed by atoms with Crippen molar-refractivity contribution >= 4 is 11.9 Å². The first kappa shape index (κ1) is 17.0. The number of hydrogen-bond donors (Lipinski definition) is 0. The number of ketones is 1. The van der Waals surface area contributed by atoms with E-state index in [0.717, 1.165) is 37.7 Å². The number of fused-ring (bicyclic) bond motifs is 2. The van der Waals surface area contributed by atoms with Gasteiger partial charge in [0.2, 0.25) is 0 Å². The summed E-state index contributed by atoms with van der Waals surface area (Å²) < 4.78 is 5.57. The molecule has 2 aliphatic heterocycles. The molecule has 2 aliphatic rings. The molecule has 2 unspecified atom stereocenters. The molecule has 4 nitrogen and oxygen atoms in total. The van der Waals surface area contributed by atoms with Gasteiger partial charge in [-0.1, -0.05) is 6.08 Å². The van der Waals surface area contributed by atoms with Crippen molar-refractivity contribution in [2.24, 2.45) is 5.92 Å². The number of carbonyl (C=O) groups is 2. The zero-order chi connectivity index (χ0) is 16.5. The van der Waals surface area contributed by atoms with E-state index in [1.54, 1.807) is 0 Å². The number of Topliss-reactive ketones (excluding diaryl/α,β-unsaturated/α-hetero) is 1. The number of rotatable bonds is 2. The maximum absolute atomic E-state index is 12.5. The standard InChI is InChI=1S/C18H29NO3/c1-6-12(2)16(20)13-10-14-8-7-9-15(11-13)19(14)17(21)22-18(3,4)5/h6,13-15H,7-11H2,1-5H3. The Labute approximate surface area is 133 Å². The summed E-state index contributed by atoms with van der Waals surface area (Å²) in [5.74, 6) is 0.313. The summed E-state index contributed by atoms with van der Waals surface area (Å²) in [5, 5.41) is 0. The fraction of sp³-hybridized carbons (Fsp3) is 0.778. The summed E-state index contributed by atoms with van der Waals surface area (Å²) in [4.78, 5) is 26.9. The van der Waals surface area contributed by atoms with Gasteiger partial charge in [-0.2, -0.15) is 0 Å². The van der Waals surface area contributed by atoms with E-state index in [0.29, 0.717) is 0 Å². The lowest BCUT2D eigenvalue weighted by Gasteiger charge is -2.48. The van der Waals surface area contributed by atoms with Gasteiger partial charge in [0, 0.05) is 18.0 Å². The van der Waals surface area contributed by atoms with Crippen LogP contribution in [0.4, 0.5) is 4.79 Å². The van der Waals surface area contributed by atoms with Gasteiger partial charge in [0.15, 0.2) is 5.78 Å². The highest BCUT2D eigenvalue weighted by molar-refractivity contribution is 5.96. The second-order valence-corrected chi connectivity index (χ2v) is 7.63. The van der Waals surface area contributed by atoms with Crippen molar-refractivity contribution < 1.29 is 14.3 Å². The van der Waals surface area contributed by atoms with E-state index < -0.39 is 5.60 Å². The Hall–Kier alpha value is -1.32. The maximum Gasteiger partial charge on any atom is 0.410 e. The predicted molar refractivity (Wildman–Crippen MR) is 86.7 cm³/mol. The van der Waals surface area contributed by atoms with Crippen LogP contribution in [0.5, 0.6) is 0 Å². The third-order valence-corrected chi connectivity index (χ3v) is 4.77. The predicted octanol–water partition coefficient (Wildman–Crippen LogP) is 4.09. The maximum atomic E-state index is 12.5. The van der Waals surface area contributed by atoms with Crippen molar-refractivity contribution in [1.29, 1.82) is 0 Å². The minimum Gasteiger partial charge on any atom is -0.444 e. The van der Waals surface area contributed by atoms with Crippen LogP contribution in [-0.2, 0) is 9.53 Å². The smallest absolute Gasteiger partial charge is 0.410 e. The van der Waals surface area contributed by atoms with Crippen LogP contribution in [0.15, 0.2) is 11.6 Å². The number of amides is 1. The molecule has 0 radical (unpaired) electrons. The van der Waals surface area contributed by atoms with Gasteiger partial charge in [0.1, 0.15) is 5.60 Å². The Morgan fingerprint density at radius 1 is 1.14 bits per heavy atom. The van der Waals surface area contributed by atoms with Gasteiger partial charge in [0.25, 0.3) is 0 Å². The second kappa shape index (κ2) is 6.43. The first-order chi connectivity index (χ1) is 10.2. The van der Waals surface area contributed by atoms with Crippen LogP contribution in [0, 0.1) is 5.92 Å². The molecule has 0 aromatic rings. The van der Waals surface area contributed by atoms with Gasteiger partial charge >= 0.3 is 6.09 Å². The number of allylic oxidation sites excluding steroid dienone is 2. The van der Waals surface area contributed by atoms with Crippen molar-refractivity contribution in [2.75, 3.05) is 0 Å². The molecular formula is C18H29NO3.